The minimum Gasteiger partial charge on any atom is -0.484 e. The summed E-state index contributed by atoms with van der Waals surface area (Å²) in [5.41, 5.74) is 3.16. The molecule has 0 aliphatic carbocycles. The predicted molar refractivity (Wildman–Crippen MR) is 108 cm³/mol. The second kappa shape index (κ2) is 8.63. The van der Waals surface area contributed by atoms with Gasteiger partial charge in [0.25, 0.3) is 11.8 Å². The second-order valence-corrected chi connectivity index (χ2v) is 6.62. The van der Waals surface area contributed by atoms with Crippen molar-refractivity contribution in [2.45, 2.75) is 13.8 Å². The number of ether oxygens (including phenoxy) is 1. The lowest BCUT2D eigenvalue weighted by Crippen LogP contribution is -2.20. The number of hydrogen-bond acceptors (Lipinski definition) is 4. The normalized spacial score (nSPS) is 10.4. The van der Waals surface area contributed by atoms with Gasteiger partial charge in [0.15, 0.2) is 12.4 Å². The molecule has 0 atom stereocenters. The van der Waals surface area contributed by atoms with Gasteiger partial charge in [0.2, 0.25) is 0 Å². The van der Waals surface area contributed by atoms with Crippen LogP contribution in [0, 0.1) is 13.8 Å². The van der Waals surface area contributed by atoms with Crippen LogP contribution >= 0.6 is 11.6 Å². The summed E-state index contributed by atoms with van der Waals surface area (Å²) in [4.78, 5) is 24.1. The summed E-state index contributed by atoms with van der Waals surface area (Å²) in [6.07, 6.45) is 1.41. The SMILES string of the molecule is Cc1ccc(OCC(=O)Nc2ccc(NC(=O)c3ccco3)c(Cl)c2)cc1C. The number of rotatable bonds is 6. The number of benzene rings is 2. The van der Waals surface area contributed by atoms with Crippen LogP contribution in [0.1, 0.15) is 21.7 Å². The van der Waals surface area contributed by atoms with Crippen molar-refractivity contribution in [3.8, 4) is 5.75 Å². The average molecular weight is 399 g/mol. The highest BCUT2D eigenvalue weighted by Gasteiger charge is 2.12. The Morgan fingerprint density at radius 2 is 1.86 bits per heavy atom. The number of furan rings is 1. The van der Waals surface area contributed by atoms with Crippen LogP contribution in [0.2, 0.25) is 5.02 Å². The molecule has 2 aromatic carbocycles. The highest BCUT2D eigenvalue weighted by Crippen LogP contribution is 2.26. The van der Waals surface area contributed by atoms with Crippen molar-refractivity contribution in [3.05, 3.63) is 76.7 Å². The van der Waals surface area contributed by atoms with Gasteiger partial charge in [0.05, 0.1) is 17.0 Å². The molecule has 0 unspecified atom stereocenters. The Hall–Kier alpha value is -3.25. The van der Waals surface area contributed by atoms with E-state index in [1.807, 2.05) is 32.0 Å². The third kappa shape index (κ3) is 4.92. The standard InChI is InChI=1S/C21H19ClN2O4/c1-13-5-7-16(10-14(13)2)28-12-20(25)23-15-6-8-18(17(22)11-15)24-21(26)19-4-3-9-27-19/h3-11H,12H2,1-2H3,(H,23,25)(H,24,26). The Kier molecular flexibility index (Phi) is 6.01. The predicted octanol–water partition coefficient (Wildman–Crippen LogP) is 4.82. The fourth-order valence-corrected chi connectivity index (χ4v) is 2.66. The van der Waals surface area contributed by atoms with E-state index in [2.05, 4.69) is 10.6 Å². The van der Waals surface area contributed by atoms with Gasteiger partial charge in [-0.25, -0.2) is 0 Å². The molecule has 3 aromatic rings. The second-order valence-electron chi connectivity index (χ2n) is 6.21. The molecule has 6 nitrogen and oxygen atoms in total. The molecule has 7 heteroatoms. The van der Waals surface area contributed by atoms with Gasteiger partial charge >= 0.3 is 0 Å². The molecule has 0 saturated carbocycles. The molecule has 0 radical (unpaired) electrons. The van der Waals surface area contributed by atoms with Crippen molar-refractivity contribution in [1.29, 1.82) is 0 Å². The summed E-state index contributed by atoms with van der Waals surface area (Å²) in [6.45, 7) is 3.86. The zero-order valence-corrected chi connectivity index (χ0v) is 16.2. The molecule has 0 spiro atoms. The van der Waals surface area contributed by atoms with Gasteiger partial charge in [-0.15, -0.1) is 0 Å². The van der Waals surface area contributed by atoms with E-state index in [0.29, 0.717) is 17.1 Å². The lowest BCUT2D eigenvalue weighted by molar-refractivity contribution is -0.118. The lowest BCUT2D eigenvalue weighted by Gasteiger charge is -2.11. The minimum absolute atomic E-state index is 0.128. The van der Waals surface area contributed by atoms with E-state index in [1.165, 1.54) is 6.26 Å². The van der Waals surface area contributed by atoms with Crippen molar-refractivity contribution >= 4 is 34.8 Å². The number of aryl methyl sites for hydroxylation is 2. The maximum Gasteiger partial charge on any atom is 0.291 e. The number of halogens is 1. The molecule has 1 heterocycles. The molecule has 0 aliphatic heterocycles. The first-order valence-electron chi connectivity index (χ1n) is 8.56. The molecule has 2 N–H and O–H groups in total. The van der Waals surface area contributed by atoms with Gasteiger partial charge in [0, 0.05) is 5.69 Å². The molecular weight excluding hydrogens is 380 g/mol. The van der Waals surface area contributed by atoms with E-state index in [4.69, 9.17) is 20.8 Å². The van der Waals surface area contributed by atoms with E-state index >= 15 is 0 Å². The van der Waals surface area contributed by atoms with Gasteiger partial charge in [-0.3, -0.25) is 9.59 Å². The summed E-state index contributed by atoms with van der Waals surface area (Å²) in [5, 5.41) is 5.64. The zero-order valence-electron chi connectivity index (χ0n) is 15.4. The van der Waals surface area contributed by atoms with Gasteiger partial charge in [-0.2, -0.15) is 0 Å². The largest absolute Gasteiger partial charge is 0.484 e. The van der Waals surface area contributed by atoms with Crippen LogP contribution < -0.4 is 15.4 Å². The van der Waals surface area contributed by atoms with Crippen molar-refractivity contribution in [2.75, 3.05) is 17.2 Å². The monoisotopic (exact) mass is 398 g/mol. The summed E-state index contributed by atoms with van der Waals surface area (Å²) < 4.78 is 10.5. The van der Waals surface area contributed by atoms with Crippen LogP contribution in [-0.4, -0.2) is 18.4 Å². The number of hydrogen-bond donors (Lipinski definition) is 2. The minimum atomic E-state index is -0.412. The summed E-state index contributed by atoms with van der Waals surface area (Å²) in [7, 11) is 0. The van der Waals surface area contributed by atoms with E-state index in [9.17, 15) is 9.59 Å². The first-order chi connectivity index (χ1) is 13.4. The molecule has 3 rings (SSSR count). The van der Waals surface area contributed by atoms with Gasteiger partial charge in [0.1, 0.15) is 5.75 Å². The molecule has 0 saturated heterocycles. The van der Waals surface area contributed by atoms with Crippen LogP contribution in [0.3, 0.4) is 0 Å². The number of amides is 2. The van der Waals surface area contributed by atoms with Gasteiger partial charge < -0.3 is 19.8 Å². The van der Waals surface area contributed by atoms with E-state index < -0.39 is 5.91 Å². The third-order valence-corrected chi connectivity index (χ3v) is 4.41. The number of carbonyl (C=O) groups excluding carboxylic acids is 2. The molecule has 28 heavy (non-hydrogen) atoms. The van der Waals surface area contributed by atoms with Crippen molar-refractivity contribution in [2.24, 2.45) is 0 Å². The molecule has 2 amide bonds. The number of anilines is 2. The van der Waals surface area contributed by atoms with Crippen LogP contribution in [0.5, 0.6) is 5.75 Å². The summed E-state index contributed by atoms with van der Waals surface area (Å²) >= 11 is 6.20. The van der Waals surface area contributed by atoms with Gasteiger partial charge in [-0.05, 0) is 67.4 Å². The van der Waals surface area contributed by atoms with Crippen LogP contribution in [0.4, 0.5) is 11.4 Å². The first-order valence-corrected chi connectivity index (χ1v) is 8.94. The highest BCUT2D eigenvalue weighted by atomic mass is 35.5. The number of carbonyl (C=O) groups is 2. The Morgan fingerprint density at radius 1 is 1.04 bits per heavy atom. The Labute approximate surface area is 167 Å². The quantitative estimate of drug-likeness (QED) is 0.623. The van der Waals surface area contributed by atoms with Crippen LogP contribution in [-0.2, 0) is 4.79 Å². The Morgan fingerprint density at radius 3 is 2.54 bits per heavy atom. The third-order valence-electron chi connectivity index (χ3n) is 4.09. The Balaban J connectivity index is 1.56. The van der Waals surface area contributed by atoms with Gasteiger partial charge in [-0.1, -0.05) is 17.7 Å². The van der Waals surface area contributed by atoms with Crippen molar-refractivity contribution in [1.82, 2.24) is 0 Å². The summed E-state index contributed by atoms with van der Waals surface area (Å²) in [5.74, 6) is 0.0800. The van der Waals surface area contributed by atoms with Crippen molar-refractivity contribution < 1.29 is 18.7 Å². The van der Waals surface area contributed by atoms with Crippen molar-refractivity contribution in [3.63, 3.8) is 0 Å². The molecule has 0 fully saturated rings. The number of nitrogens with one attached hydrogen (secondary N) is 2. The van der Waals surface area contributed by atoms with E-state index in [-0.39, 0.29) is 23.3 Å². The fourth-order valence-electron chi connectivity index (χ4n) is 2.44. The smallest absolute Gasteiger partial charge is 0.291 e. The average Bonchev–Trinajstić information content (AvgIpc) is 3.20. The zero-order chi connectivity index (χ0) is 20.1. The van der Waals surface area contributed by atoms with E-state index in [0.717, 1.165) is 11.1 Å². The molecule has 1 aromatic heterocycles. The molecule has 0 aliphatic rings. The highest BCUT2D eigenvalue weighted by molar-refractivity contribution is 6.34. The van der Waals surface area contributed by atoms with Crippen LogP contribution in [0.15, 0.2) is 59.2 Å². The van der Waals surface area contributed by atoms with E-state index in [1.54, 1.807) is 30.3 Å². The molecule has 0 bridgehead atoms. The molecular formula is C21H19ClN2O4. The summed E-state index contributed by atoms with van der Waals surface area (Å²) in [6, 6.07) is 13.6. The maximum atomic E-state index is 12.1. The molecule has 144 valence electrons. The van der Waals surface area contributed by atoms with Crippen LogP contribution in [0.25, 0.3) is 0 Å². The maximum absolute atomic E-state index is 12.1. The Bertz CT molecular complexity index is 1000. The topological polar surface area (TPSA) is 80.6 Å². The lowest BCUT2D eigenvalue weighted by atomic mass is 10.1. The fraction of sp³-hybridized carbons (Fsp3) is 0.143. The first kappa shape index (κ1) is 19.5.